The van der Waals surface area contributed by atoms with Crippen molar-refractivity contribution in [1.82, 2.24) is 20.4 Å². The number of amides is 4. The molecular formula is C23H27ClN8O5S. The number of nitrogens with one attached hydrogen (secondary N) is 4. The van der Waals surface area contributed by atoms with E-state index in [4.69, 9.17) is 21.7 Å². The second-order valence-electron chi connectivity index (χ2n) is 8.40. The van der Waals surface area contributed by atoms with Crippen LogP contribution in [0.5, 0.6) is 5.75 Å². The van der Waals surface area contributed by atoms with Crippen LogP contribution in [0.25, 0.3) is 0 Å². The topological polar surface area (TPSA) is 169 Å². The van der Waals surface area contributed by atoms with Gasteiger partial charge in [-0.2, -0.15) is 9.81 Å². The molecule has 3 rings (SSSR count). The van der Waals surface area contributed by atoms with E-state index in [1.165, 1.54) is 4.90 Å². The Labute approximate surface area is 229 Å². The summed E-state index contributed by atoms with van der Waals surface area (Å²) in [5.41, 5.74) is 0.615. The average molecular weight is 563 g/mol. The van der Waals surface area contributed by atoms with Gasteiger partial charge in [0, 0.05) is 23.2 Å². The van der Waals surface area contributed by atoms with Crippen LogP contribution >= 0.6 is 24.2 Å². The van der Waals surface area contributed by atoms with E-state index in [0.29, 0.717) is 16.5 Å². The minimum absolute atomic E-state index is 0.115. The molecule has 0 spiro atoms. The van der Waals surface area contributed by atoms with Crippen LogP contribution < -0.4 is 20.7 Å². The smallest absolute Gasteiger partial charge is 0.331 e. The lowest BCUT2D eigenvalue weighted by molar-refractivity contribution is 0.102. The van der Waals surface area contributed by atoms with Gasteiger partial charge in [-0.05, 0) is 48.9 Å². The van der Waals surface area contributed by atoms with E-state index < -0.39 is 29.8 Å². The monoisotopic (exact) mass is 562 g/mol. The molecule has 38 heavy (non-hydrogen) atoms. The second kappa shape index (κ2) is 13.6. The van der Waals surface area contributed by atoms with Crippen molar-refractivity contribution in [2.24, 2.45) is 16.3 Å². The lowest BCUT2D eigenvalue weighted by Gasteiger charge is -2.42. The van der Waals surface area contributed by atoms with Gasteiger partial charge in [0.05, 0.1) is 25.5 Å². The number of rotatable bonds is 13. The quantitative estimate of drug-likeness (QED) is 0.0807. The zero-order chi connectivity index (χ0) is 27.7. The van der Waals surface area contributed by atoms with E-state index in [1.54, 1.807) is 55.5 Å². The molecule has 1 fully saturated rings. The highest BCUT2D eigenvalue weighted by Gasteiger charge is 2.39. The molecule has 202 valence electrons. The highest BCUT2D eigenvalue weighted by molar-refractivity contribution is 7.80. The number of hydrogen-bond donors (Lipinski definition) is 5. The molecule has 1 saturated heterocycles. The zero-order valence-electron chi connectivity index (χ0n) is 20.3. The number of amidine groups is 1. The maximum absolute atomic E-state index is 13.5. The van der Waals surface area contributed by atoms with Gasteiger partial charge in [0.15, 0.2) is 6.29 Å². The van der Waals surface area contributed by atoms with Crippen LogP contribution in [0.4, 0.5) is 15.3 Å². The number of carbonyl (C=O) groups is 2. The number of nitroso groups, excluding NO2 is 2. The number of hydrogen-bond acceptors (Lipinski definition) is 10. The van der Waals surface area contributed by atoms with E-state index in [-0.39, 0.29) is 32.0 Å². The summed E-state index contributed by atoms with van der Waals surface area (Å²) in [6.45, 7) is 0.946. The van der Waals surface area contributed by atoms with Crippen molar-refractivity contribution in [2.45, 2.75) is 25.3 Å². The first-order valence-electron chi connectivity index (χ1n) is 11.4. The summed E-state index contributed by atoms with van der Waals surface area (Å²) in [6, 6.07) is 12.3. The van der Waals surface area contributed by atoms with Crippen molar-refractivity contribution in [1.29, 1.82) is 5.41 Å². The van der Waals surface area contributed by atoms with Gasteiger partial charge in [0.25, 0.3) is 0 Å². The number of nitrogens with zero attached hydrogens (tertiary/aromatic N) is 4. The predicted molar refractivity (Wildman–Crippen MR) is 146 cm³/mol. The Bertz CT molecular complexity index is 1140. The molecule has 0 saturated carbocycles. The molecule has 2 aromatic carbocycles. The van der Waals surface area contributed by atoms with E-state index in [2.05, 4.69) is 38.9 Å². The van der Waals surface area contributed by atoms with Crippen molar-refractivity contribution in [3.8, 4) is 5.75 Å². The predicted octanol–water partition coefficient (Wildman–Crippen LogP) is 4.01. The number of urea groups is 2. The van der Waals surface area contributed by atoms with Gasteiger partial charge in [-0.3, -0.25) is 15.6 Å². The van der Waals surface area contributed by atoms with Gasteiger partial charge >= 0.3 is 12.1 Å². The second-order valence-corrected chi connectivity index (χ2v) is 9.30. The summed E-state index contributed by atoms with van der Waals surface area (Å²) in [4.78, 5) is 50.2. The maximum Gasteiger partial charge on any atom is 0.331 e. The molecule has 2 aromatic rings. The van der Waals surface area contributed by atoms with Crippen LogP contribution in [0.1, 0.15) is 12.5 Å². The molecule has 1 heterocycles. The van der Waals surface area contributed by atoms with Gasteiger partial charge in [0.2, 0.25) is 5.56 Å². The third kappa shape index (κ3) is 8.05. The molecule has 13 nitrogen and oxygen atoms in total. The number of benzene rings is 2. The normalized spacial score (nSPS) is 16.1. The number of carbonyl (C=O) groups excluding carboxylic acids is 2. The molecule has 2 unspecified atom stereocenters. The highest BCUT2D eigenvalue weighted by Crippen LogP contribution is 2.22. The van der Waals surface area contributed by atoms with Crippen molar-refractivity contribution < 1.29 is 14.3 Å². The summed E-state index contributed by atoms with van der Waals surface area (Å²) < 4.78 is 5.58. The minimum atomic E-state index is -0.930. The van der Waals surface area contributed by atoms with E-state index in [0.717, 1.165) is 10.5 Å². The SMILES string of the molecule is CC(=N)NC(S)Oc1ccc(NC2NC(=O)N(CC(CN=O)CN=O)C(=O)N2Cc2ccc(Cl)cc2)cc1. The number of thiol groups is 1. The summed E-state index contributed by atoms with van der Waals surface area (Å²) >= 11 is 10.2. The third-order valence-electron chi connectivity index (χ3n) is 5.41. The van der Waals surface area contributed by atoms with Crippen molar-refractivity contribution in [3.05, 3.63) is 68.9 Å². The molecule has 4 N–H and O–H groups in total. The molecule has 0 radical (unpaired) electrons. The van der Waals surface area contributed by atoms with Crippen molar-refractivity contribution in [2.75, 3.05) is 25.0 Å². The van der Waals surface area contributed by atoms with E-state index in [1.807, 2.05) is 0 Å². The van der Waals surface area contributed by atoms with Gasteiger partial charge in [-0.1, -0.05) is 34.1 Å². The number of imide groups is 1. The Balaban J connectivity index is 1.79. The fourth-order valence-corrected chi connectivity index (χ4v) is 4.06. The summed E-state index contributed by atoms with van der Waals surface area (Å²) in [7, 11) is 0. The average Bonchev–Trinajstić information content (AvgIpc) is 2.86. The van der Waals surface area contributed by atoms with Gasteiger partial charge in [0.1, 0.15) is 5.75 Å². The van der Waals surface area contributed by atoms with Crippen molar-refractivity contribution in [3.63, 3.8) is 0 Å². The van der Waals surface area contributed by atoms with Crippen LogP contribution in [0.15, 0.2) is 58.9 Å². The lowest BCUT2D eigenvalue weighted by Crippen LogP contribution is -2.67. The highest BCUT2D eigenvalue weighted by atomic mass is 35.5. The van der Waals surface area contributed by atoms with Crippen LogP contribution in [0.2, 0.25) is 5.02 Å². The fraction of sp³-hybridized carbons (Fsp3) is 0.348. The van der Waals surface area contributed by atoms with Gasteiger partial charge in [-0.25, -0.2) is 14.5 Å². The molecule has 4 amide bonds. The third-order valence-corrected chi connectivity index (χ3v) is 5.90. The zero-order valence-corrected chi connectivity index (χ0v) is 22.0. The largest absolute Gasteiger partial charge is 0.462 e. The molecule has 0 bridgehead atoms. The van der Waals surface area contributed by atoms with Crippen molar-refractivity contribution >= 4 is 47.8 Å². The van der Waals surface area contributed by atoms with Crippen LogP contribution in [0.3, 0.4) is 0 Å². The Morgan fingerprint density at radius 1 is 1.13 bits per heavy atom. The fourth-order valence-electron chi connectivity index (χ4n) is 3.62. The molecule has 15 heteroatoms. The standard InChI is InChI=1S/C23H27ClN8O5S/c1-14(25)28-22(38)37-19-8-6-18(7-9-19)29-20-30-21(33)32(13-16(10-26-35)11-27-36)23(34)31(20)12-15-2-4-17(24)5-3-15/h2-9,16,20,22,29,38H,10-13H2,1H3,(H2,25,28)(H,30,33). The Kier molecular flexibility index (Phi) is 10.2. The minimum Gasteiger partial charge on any atom is -0.462 e. The first-order chi connectivity index (χ1) is 18.2. The molecular weight excluding hydrogens is 536 g/mol. The summed E-state index contributed by atoms with van der Waals surface area (Å²) in [5, 5.41) is 22.1. The van der Waals surface area contributed by atoms with Crippen LogP contribution in [0, 0.1) is 21.1 Å². The first-order valence-corrected chi connectivity index (χ1v) is 12.3. The molecule has 1 aliphatic rings. The van der Waals surface area contributed by atoms with Crippen LogP contribution in [-0.2, 0) is 6.54 Å². The number of anilines is 1. The first kappa shape index (κ1) is 28.7. The van der Waals surface area contributed by atoms with E-state index >= 15 is 0 Å². The Morgan fingerprint density at radius 2 is 1.76 bits per heavy atom. The number of halogens is 1. The van der Waals surface area contributed by atoms with Gasteiger partial charge in [-0.15, -0.1) is 12.6 Å². The van der Waals surface area contributed by atoms with E-state index in [9.17, 15) is 19.4 Å². The molecule has 0 aromatic heterocycles. The summed E-state index contributed by atoms with van der Waals surface area (Å²) in [6.07, 6.45) is -0.930. The molecule has 0 aliphatic carbocycles. The molecule has 2 atom stereocenters. The maximum atomic E-state index is 13.5. The molecule has 1 aliphatic heterocycles. The van der Waals surface area contributed by atoms with Crippen LogP contribution in [-0.4, -0.2) is 59.2 Å². The lowest BCUT2D eigenvalue weighted by atomic mass is 10.1. The summed E-state index contributed by atoms with van der Waals surface area (Å²) in [5.74, 6) is -0.0152. The van der Waals surface area contributed by atoms with Gasteiger partial charge < -0.3 is 15.4 Å². The number of ether oxygens (including phenoxy) is 1. The Morgan fingerprint density at radius 3 is 2.34 bits per heavy atom. The Hall–Kier alpha value is -3.91.